The molecule has 1 saturated heterocycles. The Morgan fingerprint density at radius 2 is 2.04 bits per heavy atom. The van der Waals surface area contributed by atoms with E-state index in [0.29, 0.717) is 6.61 Å². The van der Waals surface area contributed by atoms with Crippen LogP contribution in [0.15, 0.2) is 30.5 Å². The predicted octanol–water partition coefficient (Wildman–Crippen LogP) is 2.84. The van der Waals surface area contributed by atoms with Crippen LogP contribution < -0.4 is 10.6 Å². The first-order chi connectivity index (χ1) is 13.2. The third-order valence-corrected chi connectivity index (χ3v) is 5.81. The van der Waals surface area contributed by atoms with Crippen LogP contribution in [0.1, 0.15) is 31.5 Å². The van der Waals surface area contributed by atoms with Crippen LogP contribution in [-0.4, -0.2) is 42.3 Å². The van der Waals surface area contributed by atoms with Crippen LogP contribution in [0.25, 0.3) is 11.3 Å². The van der Waals surface area contributed by atoms with Gasteiger partial charge in [-0.25, -0.2) is 4.98 Å². The van der Waals surface area contributed by atoms with Gasteiger partial charge in [-0.2, -0.15) is 0 Å². The Labute approximate surface area is 160 Å². The smallest absolute Gasteiger partial charge is 0.233 e. The molecule has 1 aromatic carbocycles. The Morgan fingerprint density at radius 3 is 2.74 bits per heavy atom. The lowest BCUT2D eigenvalue weighted by atomic mass is 9.78. The monoisotopic (exact) mass is 368 g/mol. The number of amides is 1. The Morgan fingerprint density at radius 1 is 1.26 bits per heavy atom. The molecule has 0 saturated carbocycles. The molecule has 3 heterocycles. The van der Waals surface area contributed by atoms with Crippen molar-refractivity contribution in [3.05, 3.63) is 36.3 Å². The van der Waals surface area contributed by atoms with Crippen molar-refractivity contribution in [2.24, 2.45) is 5.41 Å². The normalized spacial score (nSPS) is 18.7. The number of carbonyl (C=O) groups is 1. The van der Waals surface area contributed by atoms with Crippen LogP contribution in [0.4, 0.5) is 5.69 Å². The highest BCUT2D eigenvalue weighted by Gasteiger charge is 2.39. The molecule has 2 aliphatic heterocycles. The number of piperidine rings is 1. The van der Waals surface area contributed by atoms with Gasteiger partial charge in [-0.1, -0.05) is 12.1 Å². The van der Waals surface area contributed by atoms with Gasteiger partial charge in [-0.3, -0.25) is 4.79 Å². The molecule has 0 spiro atoms. The number of carbonyl (C=O) groups excluding carboxylic acids is 1. The van der Waals surface area contributed by atoms with E-state index in [2.05, 4.69) is 21.4 Å². The Hall–Kier alpha value is -2.18. The van der Waals surface area contributed by atoms with Gasteiger partial charge >= 0.3 is 0 Å². The number of hydrogen-bond acceptors (Lipinski definition) is 4. The number of imidazole rings is 1. The van der Waals surface area contributed by atoms with Crippen LogP contribution >= 0.6 is 0 Å². The molecule has 6 nitrogen and oxygen atoms in total. The van der Waals surface area contributed by atoms with Gasteiger partial charge in [-0.05, 0) is 50.9 Å². The molecule has 2 aliphatic rings. The van der Waals surface area contributed by atoms with Gasteiger partial charge in [0.05, 0.1) is 17.7 Å². The van der Waals surface area contributed by atoms with E-state index in [9.17, 15) is 4.79 Å². The minimum atomic E-state index is -0.443. The largest absolute Gasteiger partial charge is 0.384 e. The molecular formula is C21H28N4O2. The third-order valence-electron chi connectivity index (χ3n) is 5.81. The summed E-state index contributed by atoms with van der Waals surface area (Å²) in [4.78, 5) is 17.7. The van der Waals surface area contributed by atoms with Crippen LogP contribution in [0.5, 0.6) is 0 Å². The van der Waals surface area contributed by atoms with Crippen molar-refractivity contribution in [3.8, 4) is 11.3 Å². The van der Waals surface area contributed by atoms with E-state index in [0.717, 1.165) is 55.8 Å². The zero-order valence-corrected chi connectivity index (χ0v) is 16.0. The SMILES string of the molecule is COCC1(C(=O)Nc2ccc(-c3cn4c(n3)CCCC4)cc2)CCNCC1. The first-order valence-corrected chi connectivity index (χ1v) is 9.88. The molecule has 0 aliphatic carbocycles. The summed E-state index contributed by atoms with van der Waals surface area (Å²) < 4.78 is 7.63. The number of aryl methyl sites for hydroxylation is 2. The summed E-state index contributed by atoms with van der Waals surface area (Å²) in [5.74, 6) is 1.23. The maximum Gasteiger partial charge on any atom is 0.233 e. The molecule has 0 unspecified atom stereocenters. The average Bonchev–Trinajstić information content (AvgIpc) is 3.14. The Bertz CT molecular complexity index is 762. The number of rotatable bonds is 5. The lowest BCUT2D eigenvalue weighted by molar-refractivity contribution is -0.130. The molecule has 0 radical (unpaired) electrons. The molecule has 1 aromatic heterocycles. The van der Waals surface area contributed by atoms with Crippen LogP contribution in [0.3, 0.4) is 0 Å². The van der Waals surface area contributed by atoms with E-state index in [1.807, 2.05) is 24.3 Å². The summed E-state index contributed by atoms with van der Waals surface area (Å²) in [7, 11) is 1.66. The number of benzene rings is 1. The van der Waals surface area contributed by atoms with Crippen molar-refractivity contribution in [2.45, 2.75) is 38.6 Å². The van der Waals surface area contributed by atoms with E-state index in [-0.39, 0.29) is 5.91 Å². The maximum atomic E-state index is 12.9. The van der Waals surface area contributed by atoms with Gasteiger partial charge in [0.25, 0.3) is 0 Å². The fourth-order valence-corrected chi connectivity index (χ4v) is 4.16. The van der Waals surface area contributed by atoms with Gasteiger partial charge in [0.15, 0.2) is 0 Å². The number of fused-ring (bicyclic) bond motifs is 1. The minimum absolute atomic E-state index is 0.0519. The minimum Gasteiger partial charge on any atom is -0.384 e. The molecule has 2 N–H and O–H groups in total. The standard InChI is InChI=1S/C21H28N4O2/c1-27-15-21(9-11-22-12-10-21)20(26)23-17-7-5-16(6-8-17)18-14-25-13-3-2-4-19(25)24-18/h5-8,14,22H,2-4,9-13,15H2,1H3,(H,23,26). The predicted molar refractivity (Wildman–Crippen MR) is 106 cm³/mol. The summed E-state index contributed by atoms with van der Waals surface area (Å²) in [6.45, 7) is 3.22. The van der Waals surface area contributed by atoms with Crippen molar-refractivity contribution in [1.29, 1.82) is 0 Å². The number of aromatic nitrogens is 2. The molecule has 144 valence electrons. The van der Waals surface area contributed by atoms with Gasteiger partial charge in [0.2, 0.25) is 5.91 Å². The second kappa shape index (κ2) is 7.82. The summed E-state index contributed by atoms with van der Waals surface area (Å²) in [5, 5.41) is 6.41. The molecule has 27 heavy (non-hydrogen) atoms. The molecule has 6 heteroatoms. The van der Waals surface area contributed by atoms with E-state index >= 15 is 0 Å². The molecule has 0 atom stereocenters. The highest BCUT2D eigenvalue weighted by Crippen LogP contribution is 2.31. The van der Waals surface area contributed by atoms with E-state index in [4.69, 9.17) is 9.72 Å². The van der Waals surface area contributed by atoms with Crippen LogP contribution in [0.2, 0.25) is 0 Å². The van der Waals surface area contributed by atoms with Gasteiger partial charge in [-0.15, -0.1) is 0 Å². The summed E-state index contributed by atoms with van der Waals surface area (Å²) in [6.07, 6.45) is 7.25. The molecule has 1 amide bonds. The summed E-state index contributed by atoms with van der Waals surface area (Å²) in [5.41, 5.74) is 2.48. The summed E-state index contributed by atoms with van der Waals surface area (Å²) in [6, 6.07) is 8.01. The number of nitrogens with zero attached hydrogens (tertiary/aromatic N) is 2. The Balaban J connectivity index is 1.47. The molecule has 0 bridgehead atoms. The molecular weight excluding hydrogens is 340 g/mol. The fraction of sp³-hybridized carbons (Fsp3) is 0.524. The quantitative estimate of drug-likeness (QED) is 0.852. The van der Waals surface area contributed by atoms with Crippen LogP contribution in [0, 0.1) is 5.41 Å². The zero-order chi connectivity index (χ0) is 18.7. The first kappa shape index (κ1) is 18.2. The topological polar surface area (TPSA) is 68.2 Å². The second-order valence-corrected chi connectivity index (χ2v) is 7.69. The number of hydrogen-bond donors (Lipinski definition) is 2. The van der Waals surface area contributed by atoms with Crippen molar-refractivity contribution in [3.63, 3.8) is 0 Å². The number of ether oxygens (including phenoxy) is 1. The molecule has 4 rings (SSSR count). The van der Waals surface area contributed by atoms with E-state index < -0.39 is 5.41 Å². The summed E-state index contributed by atoms with van der Waals surface area (Å²) >= 11 is 0. The maximum absolute atomic E-state index is 12.9. The van der Waals surface area contributed by atoms with Gasteiger partial charge in [0, 0.05) is 37.5 Å². The van der Waals surface area contributed by atoms with Crippen molar-refractivity contribution < 1.29 is 9.53 Å². The molecule has 1 fully saturated rings. The zero-order valence-electron chi connectivity index (χ0n) is 16.0. The van der Waals surface area contributed by atoms with Crippen molar-refractivity contribution in [1.82, 2.24) is 14.9 Å². The first-order valence-electron chi connectivity index (χ1n) is 9.88. The number of anilines is 1. The van der Waals surface area contributed by atoms with Gasteiger partial charge in [0.1, 0.15) is 5.82 Å². The number of methoxy groups -OCH3 is 1. The number of nitrogens with one attached hydrogen (secondary N) is 2. The van der Waals surface area contributed by atoms with E-state index in [1.165, 1.54) is 18.7 Å². The van der Waals surface area contributed by atoms with Crippen LogP contribution in [-0.2, 0) is 22.5 Å². The average molecular weight is 368 g/mol. The van der Waals surface area contributed by atoms with Gasteiger partial charge < -0.3 is 19.9 Å². The third kappa shape index (κ3) is 3.77. The van der Waals surface area contributed by atoms with E-state index in [1.54, 1.807) is 7.11 Å². The lowest BCUT2D eigenvalue weighted by Crippen LogP contribution is -2.47. The van der Waals surface area contributed by atoms with Crippen molar-refractivity contribution >= 4 is 11.6 Å². The highest BCUT2D eigenvalue weighted by molar-refractivity contribution is 5.95. The second-order valence-electron chi connectivity index (χ2n) is 7.69. The van der Waals surface area contributed by atoms with Crippen molar-refractivity contribution in [2.75, 3.05) is 32.1 Å². The molecule has 2 aromatic rings. The Kier molecular flexibility index (Phi) is 5.27. The highest BCUT2D eigenvalue weighted by atomic mass is 16.5. The fourth-order valence-electron chi connectivity index (χ4n) is 4.16. The lowest BCUT2D eigenvalue weighted by Gasteiger charge is -2.35.